The van der Waals surface area contributed by atoms with Crippen LogP contribution in [0.3, 0.4) is 0 Å². The van der Waals surface area contributed by atoms with Crippen LogP contribution in [0.15, 0.2) is 127 Å². The van der Waals surface area contributed by atoms with E-state index in [1.165, 1.54) is 29.0 Å². The second-order valence-corrected chi connectivity index (χ2v) is 16.0. The van der Waals surface area contributed by atoms with Crippen molar-refractivity contribution in [3.05, 3.63) is 154 Å². The van der Waals surface area contributed by atoms with E-state index in [0.717, 1.165) is 16.7 Å². The molecule has 4 aliphatic rings. The third-order valence-corrected chi connectivity index (χ3v) is 13.0. The van der Waals surface area contributed by atoms with Gasteiger partial charge in [-0.2, -0.15) is 0 Å². The van der Waals surface area contributed by atoms with Crippen LogP contribution in [0.25, 0.3) is 12.2 Å². The van der Waals surface area contributed by atoms with Crippen molar-refractivity contribution in [3.8, 4) is 23.0 Å². The summed E-state index contributed by atoms with van der Waals surface area (Å²) in [5, 5.41) is 11.0. The van der Waals surface area contributed by atoms with E-state index >= 15 is 9.59 Å². The van der Waals surface area contributed by atoms with Gasteiger partial charge < -0.3 is 19.3 Å². The van der Waals surface area contributed by atoms with E-state index in [2.05, 4.69) is 0 Å². The molecule has 0 spiro atoms. The van der Waals surface area contributed by atoms with Crippen molar-refractivity contribution in [1.82, 2.24) is 0 Å². The lowest BCUT2D eigenvalue weighted by atomic mass is 9.49. The molecule has 1 N–H and O–H groups in total. The number of rotatable bonds is 9. The zero-order valence-corrected chi connectivity index (χ0v) is 33.8. The Kier molecular flexibility index (Phi) is 9.83. The van der Waals surface area contributed by atoms with Crippen molar-refractivity contribution >= 4 is 58.8 Å². The molecule has 0 radical (unpaired) electrons. The highest BCUT2D eigenvalue weighted by Crippen LogP contribution is 2.65. The lowest BCUT2D eigenvalue weighted by Crippen LogP contribution is -2.53. The molecule has 9 rings (SSSR count). The summed E-state index contributed by atoms with van der Waals surface area (Å²) >= 11 is 6.44. The maximum Gasteiger partial charge on any atom is 0.246 e. The first-order chi connectivity index (χ1) is 29.1. The summed E-state index contributed by atoms with van der Waals surface area (Å²) in [4.78, 5) is 62.3. The molecule has 60 heavy (non-hydrogen) atoms. The highest BCUT2D eigenvalue weighted by Gasteiger charge is 2.70. The van der Waals surface area contributed by atoms with E-state index in [0.29, 0.717) is 44.8 Å². The zero-order valence-electron chi connectivity index (χ0n) is 33.1. The summed E-state index contributed by atoms with van der Waals surface area (Å²) in [5.74, 6) is -3.63. The minimum Gasteiger partial charge on any atom is -0.508 e. The molecule has 0 aromatic heterocycles. The Labute approximate surface area is 352 Å². The maximum atomic E-state index is 15.5. The summed E-state index contributed by atoms with van der Waals surface area (Å²) in [7, 11) is 4.70. The van der Waals surface area contributed by atoms with Gasteiger partial charge in [0.25, 0.3) is 0 Å². The first-order valence-electron chi connectivity index (χ1n) is 19.7. The molecule has 5 aromatic carbocycles. The highest BCUT2D eigenvalue weighted by molar-refractivity contribution is 6.32. The number of carbonyl (C=O) groups is 4. The van der Waals surface area contributed by atoms with Gasteiger partial charge in [-0.25, -0.2) is 4.90 Å². The number of phenolic OH excluding ortho intramolecular Hbond substituents is 1. The molecule has 3 fully saturated rings. The Morgan fingerprint density at radius 3 is 2.18 bits per heavy atom. The number of hydrogen-bond acceptors (Lipinski definition) is 8. The Morgan fingerprint density at radius 2 is 1.47 bits per heavy atom. The van der Waals surface area contributed by atoms with Gasteiger partial charge in [0.05, 0.1) is 55.9 Å². The summed E-state index contributed by atoms with van der Waals surface area (Å²) in [6.45, 7) is 0. The lowest BCUT2D eigenvalue weighted by Gasteiger charge is -2.51. The standard InChI is InChI=1S/C49H41ClN2O8/c1-58-35-19-23-41(59-2)29(24-35)15-12-28-13-16-32(17-14-28)51-45(54)38-22-21-36-39(43(38)47(51)56)27-40-46(55)52(33-11-7-10-31(50)25-33)48(57)49(40,30-8-5-4-6-9-30)44(36)37-20-18-34(53)26-42(37)60-3/h4-21,23-26,38-40,43-44,53H,22,27H2,1-3H3. The number of aromatic hydroxyl groups is 1. The number of amides is 4. The maximum absolute atomic E-state index is 15.5. The van der Waals surface area contributed by atoms with Gasteiger partial charge in [-0.05, 0) is 84.5 Å². The van der Waals surface area contributed by atoms with Gasteiger partial charge >= 0.3 is 0 Å². The van der Waals surface area contributed by atoms with Crippen LogP contribution in [-0.4, -0.2) is 50.1 Å². The van der Waals surface area contributed by atoms with Gasteiger partial charge in [0, 0.05) is 28.1 Å². The van der Waals surface area contributed by atoms with Gasteiger partial charge in [0.2, 0.25) is 23.6 Å². The molecule has 4 amide bonds. The van der Waals surface area contributed by atoms with Crippen molar-refractivity contribution in [1.29, 1.82) is 0 Å². The Balaban J connectivity index is 1.13. The first kappa shape index (κ1) is 38.8. The van der Waals surface area contributed by atoms with Crippen molar-refractivity contribution in [2.75, 3.05) is 31.1 Å². The van der Waals surface area contributed by atoms with Gasteiger partial charge in [-0.1, -0.05) is 90.0 Å². The SMILES string of the molecule is COc1ccc(OC)c(C=Cc2ccc(N3C(=O)C4CC=C5C(CC6C(=O)N(c7cccc(Cl)c7)C(=O)C6(c6ccccc6)C5c5ccc(O)cc5OC)C4C3=O)cc2)c1. The Morgan fingerprint density at radius 1 is 0.700 bits per heavy atom. The molecule has 5 aromatic rings. The number of benzene rings is 5. The molecule has 2 aliphatic carbocycles. The number of halogens is 1. The fourth-order valence-electron chi connectivity index (χ4n) is 10.2. The molecule has 2 saturated heterocycles. The van der Waals surface area contributed by atoms with Crippen molar-refractivity contribution in [3.63, 3.8) is 0 Å². The largest absolute Gasteiger partial charge is 0.508 e. The number of carbonyl (C=O) groups excluding carboxylic acids is 4. The average molecular weight is 821 g/mol. The van der Waals surface area contributed by atoms with E-state index in [9.17, 15) is 14.7 Å². The normalized spacial score (nSPS) is 24.6. The fourth-order valence-corrected chi connectivity index (χ4v) is 10.4. The molecule has 6 atom stereocenters. The van der Waals surface area contributed by atoms with Gasteiger partial charge in [-0.3, -0.25) is 24.1 Å². The van der Waals surface area contributed by atoms with E-state index in [1.54, 1.807) is 56.7 Å². The molecule has 302 valence electrons. The number of ether oxygens (including phenoxy) is 3. The Hall–Kier alpha value is -6.65. The van der Waals surface area contributed by atoms with Crippen LogP contribution in [0, 0.1) is 23.7 Å². The van der Waals surface area contributed by atoms with Crippen LogP contribution in [0.4, 0.5) is 11.4 Å². The zero-order chi connectivity index (χ0) is 41.9. The topological polar surface area (TPSA) is 123 Å². The number of fused-ring (bicyclic) bond motifs is 4. The predicted molar refractivity (Wildman–Crippen MR) is 228 cm³/mol. The number of imide groups is 2. The van der Waals surface area contributed by atoms with E-state index < -0.39 is 46.8 Å². The second kappa shape index (κ2) is 15.2. The van der Waals surface area contributed by atoms with E-state index in [1.807, 2.05) is 78.9 Å². The van der Waals surface area contributed by atoms with Gasteiger partial charge in [0.1, 0.15) is 23.0 Å². The monoisotopic (exact) mass is 820 g/mol. The minimum atomic E-state index is -1.48. The summed E-state index contributed by atoms with van der Waals surface area (Å²) in [6.07, 6.45) is 6.22. The Bertz CT molecular complexity index is 2620. The third-order valence-electron chi connectivity index (χ3n) is 12.7. The number of hydrogen-bond donors (Lipinski definition) is 1. The fraction of sp³-hybridized carbons (Fsp3) is 0.224. The lowest BCUT2D eigenvalue weighted by molar-refractivity contribution is -0.127. The third kappa shape index (κ3) is 6.00. The quantitative estimate of drug-likeness (QED) is 0.0892. The molecule has 11 heteroatoms. The smallest absolute Gasteiger partial charge is 0.246 e. The number of anilines is 2. The summed E-state index contributed by atoms with van der Waals surface area (Å²) < 4.78 is 16.8. The van der Waals surface area contributed by atoms with Crippen LogP contribution in [0.1, 0.15) is 41.0 Å². The van der Waals surface area contributed by atoms with Crippen LogP contribution < -0.4 is 24.0 Å². The molecular formula is C49H41ClN2O8. The van der Waals surface area contributed by atoms with Crippen LogP contribution in [-0.2, 0) is 24.6 Å². The van der Waals surface area contributed by atoms with Crippen molar-refractivity contribution < 1.29 is 38.5 Å². The number of allylic oxidation sites excluding steroid dienone is 2. The van der Waals surface area contributed by atoms with E-state index in [-0.39, 0.29) is 30.4 Å². The van der Waals surface area contributed by atoms with Crippen molar-refractivity contribution in [2.45, 2.75) is 24.2 Å². The van der Waals surface area contributed by atoms with E-state index in [4.69, 9.17) is 25.8 Å². The van der Waals surface area contributed by atoms with Gasteiger partial charge in [0.15, 0.2) is 0 Å². The van der Waals surface area contributed by atoms with Crippen LogP contribution >= 0.6 is 11.6 Å². The van der Waals surface area contributed by atoms with Crippen molar-refractivity contribution in [2.24, 2.45) is 23.7 Å². The first-order valence-corrected chi connectivity index (χ1v) is 20.1. The summed E-state index contributed by atoms with van der Waals surface area (Å²) in [5.41, 5.74) is 2.96. The number of phenols is 1. The second-order valence-electron chi connectivity index (χ2n) is 15.6. The van der Waals surface area contributed by atoms with Gasteiger partial charge in [-0.15, -0.1) is 0 Å². The van der Waals surface area contributed by atoms with Crippen LogP contribution in [0.2, 0.25) is 5.02 Å². The average Bonchev–Trinajstić information content (AvgIpc) is 3.66. The minimum absolute atomic E-state index is 0.0333. The molecule has 2 aliphatic heterocycles. The molecule has 2 heterocycles. The number of methoxy groups -OCH3 is 3. The molecule has 6 unspecified atom stereocenters. The highest BCUT2D eigenvalue weighted by atomic mass is 35.5. The number of nitrogens with zero attached hydrogens (tertiary/aromatic N) is 2. The summed E-state index contributed by atoms with van der Waals surface area (Å²) in [6, 6.07) is 33.4. The molecular weight excluding hydrogens is 780 g/mol. The molecule has 1 saturated carbocycles. The molecule has 10 nitrogen and oxygen atoms in total. The predicted octanol–water partition coefficient (Wildman–Crippen LogP) is 8.61. The molecule has 0 bridgehead atoms. The van der Waals surface area contributed by atoms with Crippen LogP contribution in [0.5, 0.6) is 23.0 Å².